The van der Waals surface area contributed by atoms with Gasteiger partial charge in [-0.2, -0.15) is 0 Å². The van der Waals surface area contributed by atoms with Gasteiger partial charge < -0.3 is 11.1 Å². The zero-order valence-electron chi connectivity index (χ0n) is 12.2. The molecule has 0 aliphatic rings. The second-order valence-corrected chi connectivity index (χ2v) is 6.12. The first-order chi connectivity index (χ1) is 10.1. The Balaban J connectivity index is 1.77. The lowest BCUT2D eigenvalue weighted by Crippen LogP contribution is -2.29. The topological polar surface area (TPSA) is 68.0 Å². The van der Waals surface area contributed by atoms with Gasteiger partial charge in [0.25, 0.3) is 0 Å². The lowest BCUT2D eigenvalue weighted by atomic mass is 10.1. The van der Waals surface area contributed by atoms with Crippen LogP contribution in [0, 0.1) is 0 Å². The van der Waals surface area contributed by atoms with Crippen molar-refractivity contribution in [2.24, 2.45) is 5.73 Å². The van der Waals surface area contributed by atoms with E-state index in [1.807, 2.05) is 18.4 Å². The van der Waals surface area contributed by atoms with E-state index in [4.69, 9.17) is 5.73 Å². The molecular weight excluding hydrogens is 282 g/mol. The molecule has 0 bridgehead atoms. The molecule has 112 valence electrons. The number of benzene rings is 1. The number of thiazole rings is 1. The highest BCUT2D eigenvalue weighted by Crippen LogP contribution is 2.13. The van der Waals surface area contributed by atoms with Crippen molar-refractivity contribution >= 4 is 17.2 Å². The van der Waals surface area contributed by atoms with Crippen molar-refractivity contribution in [1.29, 1.82) is 0 Å². The van der Waals surface area contributed by atoms with Crippen LogP contribution in [0.4, 0.5) is 0 Å². The molecule has 4 nitrogen and oxygen atoms in total. The summed E-state index contributed by atoms with van der Waals surface area (Å²) in [5, 5.41) is 5.96. The first kappa shape index (κ1) is 15.7. The third-order valence-corrected chi connectivity index (χ3v) is 4.00. The Morgan fingerprint density at radius 3 is 2.81 bits per heavy atom. The van der Waals surface area contributed by atoms with Gasteiger partial charge in [0, 0.05) is 24.3 Å². The SMILES string of the molecule is CC(N)CC(=O)NCc1csc(CCc2ccccc2)n1. The average Bonchev–Trinajstić information content (AvgIpc) is 2.91. The van der Waals surface area contributed by atoms with Crippen molar-refractivity contribution in [3.63, 3.8) is 0 Å². The molecule has 1 heterocycles. The van der Waals surface area contributed by atoms with Crippen LogP contribution in [0.2, 0.25) is 0 Å². The minimum atomic E-state index is -0.109. The van der Waals surface area contributed by atoms with Crippen molar-refractivity contribution in [2.45, 2.75) is 38.8 Å². The molecule has 0 saturated carbocycles. The number of carbonyl (C=O) groups excluding carboxylic acids is 1. The highest BCUT2D eigenvalue weighted by Gasteiger charge is 2.07. The molecule has 0 radical (unpaired) electrons. The third kappa shape index (κ3) is 5.65. The normalized spacial score (nSPS) is 12.1. The first-order valence-electron chi connectivity index (χ1n) is 7.13. The minimum absolute atomic E-state index is 0.0242. The molecule has 1 atom stereocenters. The number of nitrogens with one attached hydrogen (secondary N) is 1. The van der Waals surface area contributed by atoms with Crippen LogP contribution in [-0.4, -0.2) is 16.9 Å². The lowest BCUT2D eigenvalue weighted by molar-refractivity contribution is -0.121. The van der Waals surface area contributed by atoms with Gasteiger partial charge in [0.15, 0.2) is 0 Å². The van der Waals surface area contributed by atoms with E-state index in [1.165, 1.54) is 5.56 Å². The standard InChI is InChI=1S/C16H21N3OS/c1-12(17)9-15(20)18-10-14-11-21-16(19-14)8-7-13-5-3-2-4-6-13/h2-6,11-12H,7-10,17H2,1H3,(H,18,20). The number of hydrogen-bond acceptors (Lipinski definition) is 4. The van der Waals surface area contributed by atoms with E-state index < -0.39 is 0 Å². The highest BCUT2D eigenvalue weighted by molar-refractivity contribution is 7.09. The second kappa shape index (κ2) is 7.90. The van der Waals surface area contributed by atoms with Gasteiger partial charge in [-0.15, -0.1) is 11.3 Å². The van der Waals surface area contributed by atoms with Crippen LogP contribution >= 0.6 is 11.3 Å². The van der Waals surface area contributed by atoms with Crippen LogP contribution in [0.5, 0.6) is 0 Å². The highest BCUT2D eigenvalue weighted by atomic mass is 32.1. The molecule has 0 aliphatic heterocycles. The van der Waals surface area contributed by atoms with E-state index in [0.717, 1.165) is 23.5 Å². The Hall–Kier alpha value is -1.72. The summed E-state index contributed by atoms with van der Waals surface area (Å²) < 4.78 is 0. The molecule has 0 fully saturated rings. The summed E-state index contributed by atoms with van der Waals surface area (Å²) >= 11 is 1.65. The molecule has 1 aromatic carbocycles. The number of nitrogens with zero attached hydrogens (tertiary/aromatic N) is 1. The summed E-state index contributed by atoms with van der Waals surface area (Å²) in [6.07, 6.45) is 2.28. The Labute approximate surface area is 129 Å². The number of aryl methyl sites for hydroxylation is 2. The Kier molecular flexibility index (Phi) is 5.90. The molecule has 2 rings (SSSR count). The van der Waals surface area contributed by atoms with Crippen molar-refractivity contribution < 1.29 is 4.79 Å². The van der Waals surface area contributed by atoms with E-state index >= 15 is 0 Å². The predicted octanol–water partition coefficient (Wildman–Crippen LogP) is 2.28. The van der Waals surface area contributed by atoms with E-state index in [-0.39, 0.29) is 11.9 Å². The van der Waals surface area contributed by atoms with Crippen LogP contribution in [0.1, 0.15) is 29.6 Å². The summed E-state index contributed by atoms with van der Waals surface area (Å²) in [6, 6.07) is 10.3. The summed E-state index contributed by atoms with van der Waals surface area (Å²) in [6.45, 7) is 2.30. The van der Waals surface area contributed by atoms with E-state index in [2.05, 4.69) is 34.6 Å². The van der Waals surface area contributed by atoms with Gasteiger partial charge in [0.05, 0.1) is 17.2 Å². The molecule has 1 aromatic heterocycles. The van der Waals surface area contributed by atoms with Crippen LogP contribution in [0.25, 0.3) is 0 Å². The van der Waals surface area contributed by atoms with Crippen LogP contribution < -0.4 is 11.1 Å². The predicted molar refractivity (Wildman–Crippen MR) is 86.1 cm³/mol. The Morgan fingerprint density at radius 2 is 2.10 bits per heavy atom. The summed E-state index contributed by atoms with van der Waals surface area (Å²) in [7, 11) is 0. The van der Waals surface area contributed by atoms with E-state index in [9.17, 15) is 4.79 Å². The number of hydrogen-bond donors (Lipinski definition) is 2. The third-order valence-electron chi connectivity index (χ3n) is 3.04. The van der Waals surface area contributed by atoms with Crippen LogP contribution in [0.15, 0.2) is 35.7 Å². The summed E-state index contributed by atoms with van der Waals surface area (Å²) in [5.41, 5.74) is 7.82. The zero-order chi connectivity index (χ0) is 15.1. The fourth-order valence-electron chi connectivity index (χ4n) is 1.99. The van der Waals surface area contributed by atoms with Gasteiger partial charge in [-0.3, -0.25) is 4.79 Å². The van der Waals surface area contributed by atoms with Gasteiger partial charge >= 0.3 is 0 Å². The van der Waals surface area contributed by atoms with E-state index in [0.29, 0.717) is 13.0 Å². The smallest absolute Gasteiger partial charge is 0.221 e. The molecule has 2 aromatic rings. The maximum absolute atomic E-state index is 11.5. The molecule has 3 N–H and O–H groups in total. The van der Waals surface area contributed by atoms with Crippen molar-refractivity contribution in [1.82, 2.24) is 10.3 Å². The molecule has 5 heteroatoms. The molecule has 21 heavy (non-hydrogen) atoms. The minimum Gasteiger partial charge on any atom is -0.350 e. The molecular formula is C16H21N3OS. The number of carbonyl (C=O) groups is 1. The van der Waals surface area contributed by atoms with Crippen molar-refractivity contribution in [3.05, 3.63) is 52.0 Å². The number of amides is 1. The van der Waals surface area contributed by atoms with Crippen molar-refractivity contribution in [3.8, 4) is 0 Å². The van der Waals surface area contributed by atoms with Gasteiger partial charge in [-0.1, -0.05) is 30.3 Å². The maximum Gasteiger partial charge on any atom is 0.221 e. The Morgan fingerprint density at radius 1 is 1.33 bits per heavy atom. The van der Waals surface area contributed by atoms with Crippen LogP contribution in [-0.2, 0) is 24.2 Å². The maximum atomic E-state index is 11.5. The monoisotopic (exact) mass is 303 g/mol. The number of aromatic nitrogens is 1. The van der Waals surface area contributed by atoms with E-state index in [1.54, 1.807) is 11.3 Å². The largest absolute Gasteiger partial charge is 0.350 e. The van der Waals surface area contributed by atoms with Gasteiger partial charge in [0.2, 0.25) is 5.91 Å². The average molecular weight is 303 g/mol. The number of nitrogens with two attached hydrogens (primary N) is 1. The lowest BCUT2D eigenvalue weighted by Gasteiger charge is -2.05. The van der Waals surface area contributed by atoms with Crippen LogP contribution in [0.3, 0.4) is 0 Å². The summed E-state index contributed by atoms with van der Waals surface area (Å²) in [4.78, 5) is 16.1. The fourth-order valence-corrected chi connectivity index (χ4v) is 2.79. The Bertz CT molecular complexity index is 566. The fraction of sp³-hybridized carbons (Fsp3) is 0.375. The molecule has 0 saturated heterocycles. The number of rotatable bonds is 7. The molecule has 1 unspecified atom stereocenters. The van der Waals surface area contributed by atoms with Gasteiger partial charge in [-0.25, -0.2) is 4.98 Å². The quantitative estimate of drug-likeness (QED) is 0.824. The van der Waals surface area contributed by atoms with Crippen molar-refractivity contribution in [2.75, 3.05) is 0 Å². The van der Waals surface area contributed by atoms with Gasteiger partial charge in [0.1, 0.15) is 0 Å². The molecule has 1 amide bonds. The van der Waals surface area contributed by atoms with Gasteiger partial charge in [-0.05, 0) is 18.9 Å². The molecule has 0 aliphatic carbocycles. The summed E-state index contributed by atoms with van der Waals surface area (Å²) in [5.74, 6) is -0.0242. The second-order valence-electron chi connectivity index (χ2n) is 5.18. The molecule has 0 spiro atoms. The zero-order valence-corrected chi connectivity index (χ0v) is 13.0. The first-order valence-corrected chi connectivity index (χ1v) is 8.01.